The molecule has 0 aliphatic carbocycles. The van der Waals surface area contributed by atoms with Gasteiger partial charge in [0.1, 0.15) is 0 Å². The van der Waals surface area contributed by atoms with Crippen molar-refractivity contribution in [2.45, 2.75) is 32.2 Å². The normalized spacial score (nSPS) is 12.4. The fourth-order valence-electron chi connectivity index (χ4n) is 3.05. The third-order valence-electron chi connectivity index (χ3n) is 4.83. The first-order chi connectivity index (χ1) is 13.4. The van der Waals surface area contributed by atoms with E-state index in [-0.39, 0.29) is 17.9 Å². The minimum Gasteiger partial charge on any atom is -0.394 e. The first-order valence-corrected chi connectivity index (χ1v) is 9.41. The molecule has 4 heteroatoms. The smallest absolute Gasteiger partial charge is 0.251 e. The van der Waals surface area contributed by atoms with Gasteiger partial charge in [-0.3, -0.25) is 9.78 Å². The van der Waals surface area contributed by atoms with Gasteiger partial charge in [0, 0.05) is 18.0 Å². The van der Waals surface area contributed by atoms with Gasteiger partial charge in [-0.05, 0) is 51.9 Å². The summed E-state index contributed by atoms with van der Waals surface area (Å²) in [6.45, 7) is 6.31. The van der Waals surface area contributed by atoms with Gasteiger partial charge in [0.15, 0.2) is 0 Å². The van der Waals surface area contributed by atoms with Gasteiger partial charge in [0.25, 0.3) is 5.91 Å². The van der Waals surface area contributed by atoms with E-state index in [0.717, 1.165) is 16.7 Å². The average molecular weight is 374 g/mol. The Hall–Kier alpha value is -2.98. The van der Waals surface area contributed by atoms with Gasteiger partial charge in [0.2, 0.25) is 0 Å². The number of benzene rings is 2. The van der Waals surface area contributed by atoms with Gasteiger partial charge in [-0.25, -0.2) is 0 Å². The molecule has 1 aromatic heterocycles. The van der Waals surface area contributed by atoms with Gasteiger partial charge in [-0.15, -0.1) is 0 Å². The molecule has 3 rings (SSSR count). The molecule has 2 aromatic carbocycles. The third kappa shape index (κ3) is 4.65. The Labute approximate surface area is 166 Å². The number of carbonyl (C=O) groups is 1. The highest BCUT2D eigenvalue weighted by Gasteiger charge is 2.17. The summed E-state index contributed by atoms with van der Waals surface area (Å²) in [4.78, 5) is 16.6. The molecule has 144 valence electrons. The van der Waals surface area contributed by atoms with Crippen molar-refractivity contribution in [1.29, 1.82) is 0 Å². The SMILES string of the molecule is CC(C)(C)c1ccc([C@H](CO)NC(=O)c2ccc(-c3ccncc3)cc2)cc1. The van der Waals surface area contributed by atoms with Crippen LogP contribution in [0, 0.1) is 0 Å². The fourth-order valence-corrected chi connectivity index (χ4v) is 3.05. The minimum atomic E-state index is -0.443. The van der Waals surface area contributed by atoms with Crippen LogP contribution in [0.2, 0.25) is 0 Å². The van der Waals surface area contributed by atoms with Crippen molar-refractivity contribution in [2.24, 2.45) is 0 Å². The first kappa shape index (κ1) is 19.8. The topological polar surface area (TPSA) is 62.2 Å². The Morgan fingerprint density at radius 2 is 1.50 bits per heavy atom. The highest BCUT2D eigenvalue weighted by Crippen LogP contribution is 2.24. The van der Waals surface area contributed by atoms with E-state index in [2.05, 4.69) is 31.1 Å². The predicted molar refractivity (Wildman–Crippen MR) is 112 cm³/mol. The minimum absolute atomic E-state index is 0.0626. The standard InChI is InChI=1S/C24H26N2O2/c1-24(2,3)21-10-8-19(9-11-21)22(16-27)26-23(28)20-6-4-17(5-7-20)18-12-14-25-15-13-18/h4-15,22,27H,16H2,1-3H3,(H,26,28)/t22-/m0/s1. The maximum atomic E-state index is 12.6. The number of hydrogen-bond donors (Lipinski definition) is 2. The second-order valence-corrected chi connectivity index (χ2v) is 7.89. The summed E-state index contributed by atoms with van der Waals surface area (Å²) < 4.78 is 0. The third-order valence-corrected chi connectivity index (χ3v) is 4.83. The molecule has 0 radical (unpaired) electrons. The van der Waals surface area contributed by atoms with E-state index < -0.39 is 6.04 Å². The van der Waals surface area contributed by atoms with E-state index in [4.69, 9.17) is 0 Å². The van der Waals surface area contributed by atoms with E-state index in [9.17, 15) is 9.90 Å². The van der Waals surface area contributed by atoms with Crippen LogP contribution in [0.1, 0.15) is 48.3 Å². The molecule has 0 unspecified atom stereocenters. The Morgan fingerprint density at radius 1 is 0.929 bits per heavy atom. The van der Waals surface area contributed by atoms with Crippen molar-refractivity contribution < 1.29 is 9.90 Å². The van der Waals surface area contributed by atoms with Crippen LogP contribution in [0.15, 0.2) is 73.1 Å². The summed E-state index contributed by atoms with van der Waals surface area (Å²) in [6, 6.07) is 18.9. The quantitative estimate of drug-likeness (QED) is 0.691. The predicted octanol–water partition coefficient (Wildman–Crippen LogP) is 4.51. The number of aromatic nitrogens is 1. The molecule has 0 aliphatic rings. The van der Waals surface area contributed by atoms with Crippen molar-refractivity contribution in [3.63, 3.8) is 0 Å². The number of aliphatic hydroxyl groups excluding tert-OH is 1. The molecular weight excluding hydrogens is 348 g/mol. The van der Waals surface area contributed by atoms with Crippen LogP contribution >= 0.6 is 0 Å². The van der Waals surface area contributed by atoms with Crippen molar-refractivity contribution >= 4 is 5.91 Å². The van der Waals surface area contributed by atoms with Crippen molar-refractivity contribution in [1.82, 2.24) is 10.3 Å². The van der Waals surface area contributed by atoms with E-state index in [1.54, 1.807) is 24.5 Å². The molecule has 1 atom stereocenters. The zero-order valence-electron chi connectivity index (χ0n) is 16.5. The average Bonchev–Trinajstić information content (AvgIpc) is 2.72. The van der Waals surface area contributed by atoms with Crippen LogP contribution in [-0.2, 0) is 5.41 Å². The number of nitrogens with one attached hydrogen (secondary N) is 1. The molecule has 4 nitrogen and oxygen atoms in total. The van der Waals surface area contributed by atoms with Crippen LogP contribution in [0.5, 0.6) is 0 Å². The molecule has 28 heavy (non-hydrogen) atoms. The summed E-state index contributed by atoms with van der Waals surface area (Å²) in [5, 5.41) is 12.7. The lowest BCUT2D eigenvalue weighted by Gasteiger charge is -2.21. The summed E-state index contributed by atoms with van der Waals surface area (Å²) in [7, 11) is 0. The second kappa shape index (κ2) is 8.36. The number of carbonyl (C=O) groups excluding carboxylic acids is 1. The van der Waals surface area contributed by atoms with Gasteiger partial charge < -0.3 is 10.4 Å². The summed E-state index contributed by atoms with van der Waals surface area (Å²) in [5.41, 5.74) is 4.79. The molecule has 0 spiro atoms. The van der Waals surface area contributed by atoms with Gasteiger partial charge in [-0.1, -0.05) is 57.2 Å². The highest BCUT2D eigenvalue weighted by atomic mass is 16.3. The Kier molecular flexibility index (Phi) is 5.90. The molecule has 0 bridgehead atoms. The molecule has 1 amide bonds. The maximum absolute atomic E-state index is 12.6. The zero-order valence-corrected chi connectivity index (χ0v) is 16.5. The van der Waals surface area contributed by atoms with Gasteiger partial charge in [-0.2, -0.15) is 0 Å². The second-order valence-electron chi connectivity index (χ2n) is 7.89. The number of amides is 1. The highest BCUT2D eigenvalue weighted by molar-refractivity contribution is 5.95. The molecule has 1 heterocycles. The van der Waals surface area contributed by atoms with Gasteiger partial charge in [0.05, 0.1) is 12.6 Å². The Balaban J connectivity index is 1.72. The van der Waals surface area contributed by atoms with E-state index in [1.807, 2.05) is 48.5 Å². The molecule has 0 saturated heterocycles. The van der Waals surface area contributed by atoms with Crippen LogP contribution < -0.4 is 5.32 Å². The fraction of sp³-hybridized carbons (Fsp3) is 0.250. The largest absolute Gasteiger partial charge is 0.394 e. The lowest BCUT2D eigenvalue weighted by Crippen LogP contribution is -2.30. The van der Waals surface area contributed by atoms with Crippen LogP contribution in [-0.4, -0.2) is 22.6 Å². The van der Waals surface area contributed by atoms with E-state index in [1.165, 1.54) is 5.56 Å². The van der Waals surface area contributed by atoms with Crippen LogP contribution in [0.3, 0.4) is 0 Å². The summed E-state index contributed by atoms with van der Waals surface area (Å²) in [5.74, 6) is -0.208. The molecule has 0 saturated carbocycles. The number of nitrogens with zero attached hydrogens (tertiary/aromatic N) is 1. The maximum Gasteiger partial charge on any atom is 0.251 e. The van der Waals surface area contributed by atoms with Crippen molar-refractivity contribution in [2.75, 3.05) is 6.61 Å². The number of aliphatic hydroxyl groups is 1. The lowest BCUT2D eigenvalue weighted by atomic mass is 9.86. The van der Waals surface area contributed by atoms with Crippen LogP contribution in [0.4, 0.5) is 0 Å². The monoisotopic (exact) mass is 374 g/mol. The number of hydrogen-bond acceptors (Lipinski definition) is 3. The lowest BCUT2D eigenvalue weighted by molar-refractivity contribution is 0.0916. The summed E-state index contributed by atoms with van der Waals surface area (Å²) in [6.07, 6.45) is 3.49. The summed E-state index contributed by atoms with van der Waals surface area (Å²) >= 11 is 0. The van der Waals surface area contributed by atoms with E-state index in [0.29, 0.717) is 5.56 Å². The van der Waals surface area contributed by atoms with E-state index >= 15 is 0 Å². The van der Waals surface area contributed by atoms with Crippen LogP contribution in [0.25, 0.3) is 11.1 Å². The molecular formula is C24H26N2O2. The zero-order chi connectivity index (χ0) is 20.1. The molecule has 2 N–H and O–H groups in total. The number of rotatable bonds is 5. The van der Waals surface area contributed by atoms with Gasteiger partial charge >= 0.3 is 0 Å². The molecule has 0 aliphatic heterocycles. The van der Waals surface area contributed by atoms with Crippen molar-refractivity contribution in [3.8, 4) is 11.1 Å². The first-order valence-electron chi connectivity index (χ1n) is 9.41. The van der Waals surface area contributed by atoms with Crippen molar-refractivity contribution in [3.05, 3.63) is 89.7 Å². The molecule has 3 aromatic rings. The molecule has 0 fully saturated rings. The Morgan fingerprint density at radius 3 is 2.04 bits per heavy atom. The number of pyridine rings is 1. The Bertz CT molecular complexity index is 912.